The van der Waals surface area contributed by atoms with Gasteiger partial charge in [-0.1, -0.05) is 24.3 Å². The quantitative estimate of drug-likeness (QED) is 0.911. The SMILES string of the molecule is CC(N)CCCN1C(=O)c2cccc3cccc1c23. The van der Waals surface area contributed by atoms with Gasteiger partial charge in [-0.2, -0.15) is 0 Å². The van der Waals surface area contributed by atoms with Gasteiger partial charge in [0.25, 0.3) is 5.91 Å². The van der Waals surface area contributed by atoms with Crippen molar-refractivity contribution in [2.45, 2.75) is 25.8 Å². The van der Waals surface area contributed by atoms with Crippen LogP contribution < -0.4 is 10.6 Å². The van der Waals surface area contributed by atoms with Gasteiger partial charge < -0.3 is 10.6 Å². The smallest absolute Gasteiger partial charge is 0.258 e. The summed E-state index contributed by atoms with van der Waals surface area (Å²) in [5.41, 5.74) is 7.64. The summed E-state index contributed by atoms with van der Waals surface area (Å²) in [6.45, 7) is 2.75. The van der Waals surface area contributed by atoms with Crippen LogP contribution in [0.2, 0.25) is 0 Å². The van der Waals surface area contributed by atoms with Crippen molar-refractivity contribution in [3.63, 3.8) is 0 Å². The second-order valence-corrected chi connectivity index (χ2v) is 5.26. The lowest BCUT2D eigenvalue weighted by atomic mass is 10.1. The summed E-state index contributed by atoms with van der Waals surface area (Å²) in [7, 11) is 0. The van der Waals surface area contributed by atoms with Crippen LogP contribution in [0, 0.1) is 0 Å². The summed E-state index contributed by atoms with van der Waals surface area (Å²) in [5, 5.41) is 2.23. The van der Waals surface area contributed by atoms with Crippen LogP contribution >= 0.6 is 0 Å². The molecular formula is C16H18N2O. The van der Waals surface area contributed by atoms with Crippen LogP contribution in [-0.4, -0.2) is 18.5 Å². The lowest BCUT2D eigenvalue weighted by Gasteiger charge is -2.18. The maximum absolute atomic E-state index is 12.4. The molecule has 1 atom stereocenters. The molecule has 0 aromatic heterocycles. The van der Waals surface area contributed by atoms with Crippen molar-refractivity contribution in [3.8, 4) is 0 Å². The number of nitrogens with zero attached hydrogens (tertiary/aromatic N) is 1. The number of carbonyl (C=O) groups excluding carboxylic acids is 1. The van der Waals surface area contributed by atoms with E-state index < -0.39 is 0 Å². The van der Waals surface area contributed by atoms with Crippen molar-refractivity contribution in [1.82, 2.24) is 0 Å². The van der Waals surface area contributed by atoms with Crippen LogP contribution in [0.25, 0.3) is 10.8 Å². The molecule has 1 unspecified atom stereocenters. The molecule has 2 aromatic carbocycles. The number of rotatable bonds is 4. The van der Waals surface area contributed by atoms with Gasteiger partial charge in [0.1, 0.15) is 0 Å². The van der Waals surface area contributed by atoms with Gasteiger partial charge >= 0.3 is 0 Å². The first kappa shape index (κ1) is 12.2. The first-order valence-corrected chi connectivity index (χ1v) is 6.77. The normalized spacial score (nSPS) is 15.3. The number of anilines is 1. The van der Waals surface area contributed by atoms with Crippen molar-refractivity contribution >= 4 is 22.4 Å². The van der Waals surface area contributed by atoms with Gasteiger partial charge in [0.2, 0.25) is 0 Å². The molecule has 1 heterocycles. The first-order chi connectivity index (χ1) is 9.18. The highest BCUT2D eigenvalue weighted by molar-refractivity contribution is 6.24. The zero-order valence-corrected chi connectivity index (χ0v) is 11.1. The molecule has 1 aliphatic heterocycles. The highest BCUT2D eigenvalue weighted by atomic mass is 16.2. The monoisotopic (exact) mass is 254 g/mol. The third-order valence-electron chi connectivity index (χ3n) is 3.69. The maximum atomic E-state index is 12.4. The first-order valence-electron chi connectivity index (χ1n) is 6.77. The summed E-state index contributed by atoms with van der Waals surface area (Å²) < 4.78 is 0. The molecule has 3 rings (SSSR count). The minimum Gasteiger partial charge on any atom is -0.328 e. The predicted molar refractivity (Wildman–Crippen MR) is 78.5 cm³/mol. The predicted octanol–water partition coefficient (Wildman–Crippen LogP) is 2.93. The number of hydrogen-bond acceptors (Lipinski definition) is 2. The highest BCUT2D eigenvalue weighted by Crippen LogP contribution is 2.37. The Labute approximate surface area is 113 Å². The summed E-state index contributed by atoms with van der Waals surface area (Å²) in [4.78, 5) is 14.3. The van der Waals surface area contributed by atoms with Crippen LogP contribution in [0.4, 0.5) is 5.69 Å². The average molecular weight is 254 g/mol. The van der Waals surface area contributed by atoms with Crippen molar-refractivity contribution < 1.29 is 4.79 Å². The Balaban J connectivity index is 1.94. The number of benzene rings is 2. The molecule has 0 fully saturated rings. The highest BCUT2D eigenvalue weighted by Gasteiger charge is 2.28. The van der Waals surface area contributed by atoms with Gasteiger partial charge in [-0.05, 0) is 37.3 Å². The molecule has 0 saturated heterocycles. The molecule has 0 aliphatic carbocycles. The second-order valence-electron chi connectivity index (χ2n) is 5.26. The van der Waals surface area contributed by atoms with Gasteiger partial charge in [-0.3, -0.25) is 4.79 Å². The Morgan fingerprint density at radius 1 is 1.21 bits per heavy atom. The Hall–Kier alpha value is -1.87. The van der Waals surface area contributed by atoms with E-state index in [1.807, 2.05) is 36.1 Å². The number of hydrogen-bond donors (Lipinski definition) is 1. The van der Waals surface area contributed by atoms with E-state index in [0.717, 1.165) is 41.4 Å². The van der Waals surface area contributed by atoms with Crippen LogP contribution in [0.1, 0.15) is 30.1 Å². The van der Waals surface area contributed by atoms with E-state index in [0.29, 0.717) is 0 Å². The second kappa shape index (κ2) is 4.67. The molecule has 1 aliphatic rings. The molecule has 98 valence electrons. The van der Waals surface area contributed by atoms with E-state index in [9.17, 15) is 4.79 Å². The van der Waals surface area contributed by atoms with E-state index in [-0.39, 0.29) is 11.9 Å². The minimum atomic E-state index is 0.122. The fourth-order valence-corrected chi connectivity index (χ4v) is 2.77. The number of nitrogens with two attached hydrogens (primary N) is 1. The Morgan fingerprint density at radius 3 is 2.68 bits per heavy atom. The fourth-order valence-electron chi connectivity index (χ4n) is 2.77. The lowest BCUT2D eigenvalue weighted by Crippen LogP contribution is -2.29. The maximum Gasteiger partial charge on any atom is 0.258 e. The van der Waals surface area contributed by atoms with Gasteiger partial charge in [-0.25, -0.2) is 0 Å². The summed E-state index contributed by atoms with van der Waals surface area (Å²) in [5.74, 6) is 0.122. The molecule has 0 saturated carbocycles. The van der Waals surface area contributed by atoms with E-state index in [4.69, 9.17) is 5.73 Å². The topological polar surface area (TPSA) is 46.3 Å². The molecule has 3 nitrogen and oxygen atoms in total. The van der Waals surface area contributed by atoms with Crippen LogP contribution in [0.5, 0.6) is 0 Å². The molecule has 0 spiro atoms. The van der Waals surface area contributed by atoms with Crippen molar-refractivity contribution in [1.29, 1.82) is 0 Å². The summed E-state index contributed by atoms with van der Waals surface area (Å²) in [6.07, 6.45) is 1.88. The Kier molecular flexibility index (Phi) is 2.99. The Bertz CT molecular complexity index is 628. The number of amides is 1. The molecule has 0 bridgehead atoms. The largest absolute Gasteiger partial charge is 0.328 e. The molecule has 3 heteroatoms. The molecule has 19 heavy (non-hydrogen) atoms. The zero-order chi connectivity index (χ0) is 13.4. The van der Waals surface area contributed by atoms with Gasteiger partial charge in [0.15, 0.2) is 0 Å². The van der Waals surface area contributed by atoms with Crippen molar-refractivity contribution in [2.75, 3.05) is 11.4 Å². The van der Waals surface area contributed by atoms with Gasteiger partial charge in [-0.15, -0.1) is 0 Å². The van der Waals surface area contributed by atoms with Crippen LogP contribution in [0.15, 0.2) is 36.4 Å². The summed E-state index contributed by atoms with van der Waals surface area (Å²) in [6, 6.07) is 12.2. The minimum absolute atomic E-state index is 0.122. The zero-order valence-electron chi connectivity index (χ0n) is 11.1. The molecule has 2 N–H and O–H groups in total. The van der Waals surface area contributed by atoms with Gasteiger partial charge in [0.05, 0.1) is 5.69 Å². The molecule has 2 aromatic rings. The van der Waals surface area contributed by atoms with Crippen LogP contribution in [-0.2, 0) is 0 Å². The van der Waals surface area contributed by atoms with Gasteiger partial charge in [0, 0.05) is 23.5 Å². The molecule has 0 radical (unpaired) electrons. The molecular weight excluding hydrogens is 236 g/mol. The van der Waals surface area contributed by atoms with E-state index in [1.54, 1.807) is 0 Å². The summed E-state index contributed by atoms with van der Waals surface area (Å²) >= 11 is 0. The van der Waals surface area contributed by atoms with Crippen molar-refractivity contribution in [2.24, 2.45) is 5.73 Å². The van der Waals surface area contributed by atoms with E-state index >= 15 is 0 Å². The molecule has 1 amide bonds. The third-order valence-corrected chi connectivity index (χ3v) is 3.69. The third kappa shape index (κ3) is 2.00. The standard InChI is InChI=1S/C16H18N2O/c1-11(17)5-4-10-18-14-9-3-7-12-6-2-8-13(15(12)14)16(18)19/h2-3,6-9,11H,4-5,10,17H2,1H3. The van der Waals surface area contributed by atoms with E-state index in [2.05, 4.69) is 12.1 Å². The van der Waals surface area contributed by atoms with E-state index in [1.165, 1.54) is 0 Å². The van der Waals surface area contributed by atoms with Crippen LogP contribution in [0.3, 0.4) is 0 Å². The van der Waals surface area contributed by atoms with Crippen molar-refractivity contribution in [3.05, 3.63) is 42.0 Å². The fraction of sp³-hybridized carbons (Fsp3) is 0.312. The number of carbonyl (C=O) groups is 1. The Morgan fingerprint density at radius 2 is 1.95 bits per heavy atom. The lowest BCUT2D eigenvalue weighted by molar-refractivity contribution is 0.0992. The average Bonchev–Trinajstić information content (AvgIpc) is 2.67.